The Morgan fingerprint density at radius 1 is 1.06 bits per heavy atom. The fourth-order valence-corrected chi connectivity index (χ4v) is 1.81. The Bertz CT molecular complexity index is 441. The van der Waals surface area contributed by atoms with Crippen LogP contribution in [-0.4, -0.2) is 26.0 Å². The average Bonchev–Trinajstić information content (AvgIpc) is 2.85. The summed E-state index contributed by atoms with van der Waals surface area (Å²) in [6, 6.07) is 9.90. The number of benzene rings is 1. The summed E-state index contributed by atoms with van der Waals surface area (Å²) in [7, 11) is 0. The maximum absolute atomic E-state index is 4.35. The first-order chi connectivity index (χ1) is 8.40. The molecule has 0 aliphatic carbocycles. The van der Waals surface area contributed by atoms with Crippen molar-refractivity contribution >= 4 is 12.6 Å². The molecular weight excluding hydrogens is 232 g/mol. The van der Waals surface area contributed by atoms with Crippen LogP contribution in [0.1, 0.15) is 19.3 Å². The monoisotopic (exact) mass is 248 g/mol. The van der Waals surface area contributed by atoms with Gasteiger partial charge in [-0.2, -0.15) is 17.4 Å². The van der Waals surface area contributed by atoms with Gasteiger partial charge in [-0.25, -0.2) is 0 Å². The molecule has 1 heterocycles. The lowest BCUT2D eigenvalue weighted by atomic mass is 10.2. The molecule has 0 bridgehead atoms. The highest BCUT2D eigenvalue weighted by Gasteiger charge is 2.04. The highest BCUT2D eigenvalue weighted by molar-refractivity contribution is 7.80. The molecule has 5 heteroatoms. The predicted molar refractivity (Wildman–Crippen MR) is 71.0 cm³/mol. The van der Waals surface area contributed by atoms with E-state index in [0.29, 0.717) is 5.82 Å². The molecule has 0 amide bonds. The summed E-state index contributed by atoms with van der Waals surface area (Å²) in [6.07, 6.45) is 3.38. The van der Waals surface area contributed by atoms with E-state index in [-0.39, 0.29) is 0 Å². The van der Waals surface area contributed by atoms with Crippen LogP contribution in [0.4, 0.5) is 0 Å². The molecule has 17 heavy (non-hydrogen) atoms. The molecule has 0 N–H and O–H groups in total. The van der Waals surface area contributed by atoms with E-state index < -0.39 is 0 Å². The molecular formula is C12H16N4S. The second-order valence-electron chi connectivity index (χ2n) is 3.86. The molecule has 0 saturated carbocycles. The quantitative estimate of drug-likeness (QED) is 0.631. The van der Waals surface area contributed by atoms with E-state index in [4.69, 9.17) is 0 Å². The van der Waals surface area contributed by atoms with Gasteiger partial charge in [0.15, 0.2) is 0 Å². The Hall–Kier alpha value is -1.36. The third-order valence-corrected chi connectivity index (χ3v) is 2.82. The lowest BCUT2D eigenvalue weighted by molar-refractivity contribution is 0.487. The fourth-order valence-electron chi connectivity index (χ4n) is 1.58. The van der Waals surface area contributed by atoms with Gasteiger partial charge < -0.3 is 0 Å². The highest BCUT2D eigenvalue weighted by atomic mass is 32.1. The Morgan fingerprint density at radius 3 is 2.65 bits per heavy atom. The first kappa shape index (κ1) is 12.1. The Morgan fingerprint density at radius 2 is 1.88 bits per heavy atom. The number of nitrogens with zero attached hydrogens (tertiary/aromatic N) is 4. The minimum atomic E-state index is 0.694. The second kappa shape index (κ2) is 6.39. The molecule has 1 aromatic heterocycles. The lowest BCUT2D eigenvalue weighted by Gasteiger charge is -1.97. The number of hydrogen-bond acceptors (Lipinski definition) is 4. The summed E-state index contributed by atoms with van der Waals surface area (Å²) >= 11 is 4.18. The van der Waals surface area contributed by atoms with Gasteiger partial charge in [-0.05, 0) is 23.8 Å². The summed E-state index contributed by atoms with van der Waals surface area (Å²) in [5.41, 5.74) is 1.01. The molecule has 0 saturated heterocycles. The molecule has 1 aromatic carbocycles. The Balaban J connectivity index is 1.92. The average molecular weight is 248 g/mol. The molecule has 0 atom stereocenters. The van der Waals surface area contributed by atoms with Crippen molar-refractivity contribution in [2.75, 3.05) is 5.75 Å². The maximum Gasteiger partial charge on any atom is 0.204 e. The second-order valence-corrected chi connectivity index (χ2v) is 4.31. The van der Waals surface area contributed by atoms with Crippen LogP contribution < -0.4 is 0 Å². The van der Waals surface area contributed by atoms with Gasteiger partial charge in [0.25, 0.3) is 0 Å². The molecule has 0 radical (unpaired) electrons. The predicted octanol–water partition coefficient (Wildman–Crippen LogP) is 2.44. The van der Waals surface area contributed by atoms with Crippen LogP contribution in [-0.2, 0) is 6.54 Å². The Kier molecular flexibility index (Phi) is 4.55. The van der Waals surface area contributed by atoms with Crippen LogP contribution in [0.2, 0.25) is 0 Å². The third-order valence-electron chi connectivity index (χ3n) is 2.50. The van der Waals surface area contributed by atoms with Gasteiger partial charge >= 0.3 is 0 Å². The molecule has 0 spiro atoms. The van der Waals surface area contributed by atoms with Crippen molar-refractivity contribution < 1.29 is 0 Å². The summed E-state index contributed by atoms with van der Waals surface area (Å²) < 4.78 is 0. The van der Waals surface area contributed by atoms with E-state index in [1.807, 2.05) is 30.3 Å². The molecule has 2 rings (SSSR count). The zero-order valence-corrected chi connectivity index (χ0v) is 10.6. The number of aryl methyl sites for hydroxylation is 1. The molecule has 4 nitrogen and oxygen atoms in total. The van der Waals surface area contributed by atoms with Crippen LogP contribution in [0.15, 0.2) is 30.3 Å². The van der Waals surface area contributed by atoms with Crippen molar-refractivity contribution in [2.24, 2.45) is 0 Å². The lowest BCUT2D eigenvalue weighted by Crippen LogP contribution is -2.02. The third kappa shape index (κ3) is 3.56. The maximum atomic E-state index is 4.35. The zero-order valence-electron chi connectivity index (χ0n) is 9.66. The molecule has 0 fully saturated rings. The van der Waals surface area contributed by atoms with E-state index in [1.165, 1.54) is 0 Å². The highest BCUT2D eigenvalue weighted by Crippen LogP contribution is 2.11. The summed E-state index contributed by atoms with van der Waals surface area (Å²) in [6.45, 7) is 0.827. The standard InChI is InChI=1S/C12H16N4S/c17-10-6-2-5-9-16-14-12(13-15-16)11-7-3-1-4-8-11/h1,3-4,7-8,17H,2,5-6,9-10H2. The molecule has 90 valence electrons. The zero-order chi connectivity index (χ0) is 11.9. The normalized spacial score (nSPS) is 10.6. The fraction of sp³-hybridized carbons (Fsp3) is 0.417. The summed E-state index contributed by atoms with van der Waals surface area (Å²) in [5.74, 6) is 1.64. The van der Waals surface area contributed by atoms with Crippen LogP contribution in [0.25, 0.3) is 11.4 Å². The van der Waals surface area contributed by atoms with Crippen molar-refractivity contribution in [3.8, 4) is 11.4 Å². The van der Waals surface area contributed by atoms with Gasteiger partial charge in [0.1, 0.15) is 0 Å². The number of unbranched alkanes of at least 4 members (excludes halogenated alkanes) is 2. The molecule has 2 aromatic rings. The summed E-state index contributed by atoms with van der Waals surface area (Å²) in [5, 5.41) is 12.5. The van der Waals surface area contributed by atoms with Crippen molar-refractivity contribution in [3.63, 3.8) is 0 Å². The number of tetrazole rings is 1. The van der Waals surface area contributed by atoms with Crippen LogP contribution in [0.3, 0.4) is 0 Å². The minimum Gasteiger partial charge on any atom is -0.179 e. The molecule has 0 aliphatic heterocycles. The van der Waals surface area contributed by atoms with Gasteiger partial charge in [0, 0.05) is 5.56 Å². The molecule has 0 unspecified atom stereocenters. The van der Waals surface area contributed by atoms with Gasteiger partial charge in [0.05, 0.1) is 6.54 Å². The van der Waals surface area contributed by atoms with Gasteiger partial charge in [-0.15, -0.1) is 10.2 Å². The van der Waals surface area contributed by atoms with E-state index in [9.17, 15) is 0 Å². The van der Waals surface area contributed by atoms with E-state index in [1.54, 1.807) is 4.80 Å². The van der Waals surface area contributed by atoms with Crippen LogP contribution >= 0.6 is 12.6 Å². The SMILES string of the molecule is SCCCCCn1nnc(-c2ccccc2)n1. The van der Waals surface area contributed by atoms with E-state index >= 15 is 0 Å². The molecule has 0 aliphatic rings. The minimum absolute atomic E-state index is 0.694. The first-order valence-electron chi connectivity index (χ1n) is 5.84. The Labute approximate surface area is 106 Å². The number of hydrogen-bond donors (Lipinski definition) is 1. The van der Waals surface area contributed by atoms with Crippen molar-refractivity contribution in [3.05, 3.63) is 30.3 Å². The van der Waals surface area contributed by atoms with Gasteiger partial charge in [-0.1, -0.05) is 36.8 Å². The van der Waals surface area contributed by atoms with E-state index in [2.05, 4.69) is 28.0 Å². The van der Waals surface area contributed by atoms with Crippen molar-refractivity contribution in [1.29, 1.82) is 0 Å². The van der Waals surface area contributed by atoms with Crippen LogP contribution in [0, 0.1) is 0 Å². The van der Waals surface area contributed by atoms with Gasteiger partial charge in [-0.3, -0.25) is 0 Å². The van der Waals surface area contributed by atoms with Crippen molar-refractivity contribution in [2.45, 2.75) is 25.8 Å². The number of rotatable bonds is 6. The van der Waals surface area contributed by atoms with Crippen molar-refractivity contribution in [1.82, 2.24) is 20.2 Å². The smallest absolute Gasteiger partial charge is 0.179 e. The number of thiol groups is 1. The largest absolute Gasteiger partial charge is 0.204 e. The summed E-state index contributed by atoms with van der Waals surface area (Å²) in [4.78, 5) is 1.67. The topological polar surface area (TPSA) is 43.6 Å². The van der Waals surface area contributed by atoms with E-state index in [0.717, 1.165) is 37.1 Å². The van der Waals surface area contributed by atoms with Crippen LogP contribution in [0.5, 0.6) is 0 Å². The first-order valence-corrected chi connectivity index (χ1v) is 6.47. The number of aromatic nitrogens is 4. The van der Waals surface area contributed by atoms with Gasteiger partial charge in [0.2, 0.25) is 5.82 Å².